The molecule has 1 saturated carbocycles. The van der Waals surface area contributed by atoms with Crippen molar-refractivity contribution in [2.75, 3.05) is 0 Å². The normalized spacial score (nSPS) is 17.3. The van der Waals surface area contributed by atoms with Crippen LogP contribution in [0.4, 0.5) is 0 Å². The number of nitrogens with zero attached hydrogens (tertiary/aromatic N) is 5. The van der Waals surface area contributed by atoms with Gasteiger partial charge in [-0.1, -0.05) is 5.16 Å². The molecule has 0 spiro atoms. The van der Waals surface area contributed by atoms with Crippen LogP contribution < -0.4 is 5.73 Å². The minimum atomic E-state index is -0.423. The Bertz CT molecular complexity index is 785. The van der Waals surface area contributed by atoms with Crippen molar-refractivity contribution < 1.29 is 4.52 Å². The number of aryl methyl sites for hydroxylation is 1. The molecule has 3 aromatic heterocycles. The van der Waals surface area contributed by atoms with Crippen molar-refractivity contribution in [3.05, 3.63) is 30.0 Å². The maximum absolute atomic E-state index is 6.21. The first-order chi connectivity index (χ1) is 9.66. The minimum absolute atomic E-state index is 0.421. The van der Waals surface area contributed by atoms with Crippen LogP contribution in [-0.4, -0.2) is 24.7 Å². The fraction of sp³-hybridized carbons (Fsp3) is 0.385. The van der Waals surface area contributed by atoms with Crippen LogP contribution in [0.3, 0.4) is 0 Å². The van der Waals surface area contributed by atoms with Gasteiger partial charge in [0.1, 0.15) is 5.56 Å². The second-order valence-corrected chi connectivity index (χ2v) is 5.33. The maximum Gasteiger partial charge on any atom is 0.263 e. The average Bonchev–Trinajstić information content (AvgIpc) is 3.01. The zero-order chi connectivity index (χ0) is 13.7. The first kappa shape index (κ1) is 11.5. The van der Waals surface area contributed by atoms with Gasteiger partial charge >= 0.3 is 0 Å². The predicted molar refractivity (Wildman–Crippen MR) is 70.7 cm³/mol. The molecule has 0 saturated heterocycles. The van der Waals surface area contributed by atoms with Gasteiger partial charge in [-0.15, -0.1) is 0 Å². The van der Waals surface area contributed by atoms with Crippen molar-refractivity contribution in [2.45, 2.75) is 31.7 Å². The number of rotatable bonds is 2. The highest BCUT2D eigenvalue weighted by molar-refractivity contribution is 5.70. The minimum Gasteiger partial charge on any atom is -0.334 e. The van der Waals surface area contributed by atoms with Gasteiger partial charge in [0.15, 0.2) is 11.5 Å². The van der Waals surface area contributed by atoms with E-state index in [-0.39, 0.29) is 0 Å². The van der Waals surface area contributed by atoms with Crippen LogP contribution >= 0.6 is 0 Å². The molecule has 7 heteroatoms. The van der Waals surface area contributed by atoms with E-state index in [0.717, 1.165) is 30.5 Å². The summed E-state index contributed by atoms with van der Waals surface area (Å²) in [5, 5.41) is 8.26. The summed E-state index contributed by atoms with van der Waals surface area (Å²) in [6, 6.07) is 1.90. The monoisotopic (exact) mass is 270 g/mol. The Morgan fingerprint density at radius 1 is 1.35 bits per heavy atom. The molecule has 4 rings (SSSR count). The standard InChI is InChI=1S/C13H14N6O/c1-8-3-6-19-10(16-8)9(7-15-19)11-17-12(18-20-11)13(14)4-2-5-13/h3,6-7H,2,4-5,14H2,1H3. The summed E-state index contributed by atoms with van der Waals surface area (Å²) in [6.45, 7) is 1.93. The highest BCUT2D eigenvalue weighted by Crippen LogP contribution is 2.37. The van der Waals surface area contributed by atoms with E-state index in [1.807, 2.05) is 19.2 Å². The molecule has 1 aliphatic rings. The fourth-order valence-electron chi connectivity index (χ4n) is 2.43. The van der Waals surface area contributed by atoms with Gasteiger partial charge in [0, 0.05) is 11.9 Å². The molecule has 0 aromatic carbocycles. The van der Waals surface area contributed by atoms with Gasteiger partial charge in [-0.25, -0.2) is 9.50 Å². The Balaban J connectivity index is 1.81. The van der Waals surface area contributed by atoms with E-state index in [2.05, 4.69) is 20.2 Å². The van der Waals surface area contributed by atoms with Crippen LogP contribution in [0.5, 0.6) is 0 Å². The molecule has 1 aliphatic carbocycles. The van der Waals surface area contributed by atoms with Crippen molar-refractivity contribution in [3.8, 4) is 11.5 Å². The third kappa shape index (κ3) is 1.56. The highest BCUT2D eigenvalue weighted by Gasteiger charge is 2.39. The lowest BCUT2D eigenvalue weighted by Gasteiger charge is -2.34. The number of hydrogen-bond acceptors (Lipinski definition) is 6. The van der Waals surface area contributed by atoms with Crippen molar-refractivity contribution in [2.24, 2.45) is 5.73 Å². The third-order valence-corrected chi connectivity index (χ3v) is 3.86. The fourth-order valence-corrected chi connectivity index (χ4v) is 2.43. The van der Waals surface area contributed by atoms with Gasteiger partial charge in [0.05, 0.1) is 11.7 Å². The van der Waals surface area contributed by atoms with E-state index < -0.39 is 5.54 Å². The van der Waals surface area contributed by atoms with Crippen molar-refractivity contribution in [1.82, 2.24) is 24.7 Å². The first-order valence-corrected chi connectivity index (χ1v) is 6.60. The predicted octanol–water partition coefficient (Wildman–Crippen LogP) is 1.43. The molecule has 0 atom stereocenters. The molecule has 102 valence electrons. The average molecular weight is 270 g/mol. The van der Waals surface area contributed by atoms with Crippen molar-refractivity contribution >= 4 is 5.65 Å². The molecule has 7 nitrogen and oxygen atoms in total. The largest absolute Gasteiger partial charge is 0.334 e. The van der Waals surface area contributed by atoms with Crippen molar-refractivity contribution in [1.29, 1.82) is 0 Å². The highest BCUT2D eigenvalue weighted by atomic mass is 16.5. The topological polar surface area (TPSA) is 95.1 Å². The molecular formula is C13H14N6O. The summed E-state index contributed by atoms with van der Waals surface area (Å²) in [5.74, 6) is 0.996. The zero-order valence-corrected chi connectivity index (χ0v) is 11.1. The lowest BCUT2D eigenvalue weighted by Crippen LogP contribution is -2.44. The molecule has 3 aromatic rings. The van der Waals surface area contributed by atoms with Gasteiger partial charge in [0.2, 0.25) is 0 Å². The van der Waals surface area contributed by atoms with Crippen LogP contribution in [-0.2, 0) is 5.54 Å². The van der Waals surface area contributed by atoms with Gasteiger partial charge in [-0.05, 0) is 32.3 Å². The Labute approximate surface area is 114 Å². The summed E-state index contributed by atoms with van der Waals surface area (Å²) < 4.78 is 7.03. The van der Waals surface area contributed by atoms with E-state index in [4.69, 9.17) is 10.3 Å². The molecular weight excluding hydrogens is 256 g/mol. The van der Waals surface area contributed by atoms with Gasteiger partial charge < -0.3 is 10.3 Å². The molecule has 20 heavy (non-hydrogen) atoms. The van der Waals surface area contributed by atoms with Crippen LogP contribution in [0.2, 0.25) is 0 Å². The van der Waals surface area contributed by atoms with E-state index >= 15 is 0 Å². The summed E-state index contributed by atoms with van der Waals surface area (Å²) in [4.78, 5) is 8.89. The van der Waals surface area contributed by atoms with E-state index in [0.29, 0.717) is 17.4 Å². The third-order valence-electron chi connectivity index (χ3n) is 3.86. The summed E-state index contributed by atoms with van der Waals surface area (Å²) in [5.41, 5.74) is 8.13. The van der Waals surface area contributed by atoms with Gasteiger partial charge in [-0.3, -0.25) is 0 Å². The van der Waals surface area contributed by atoms with E-state index in [1.165, 1.54) is 0 Å². The maximum atomic E-state index is 6.21. The zero-order valence-electron chi connectivity index (χ0n) is 11.1. The van der Waals surface area contributed by atoms with Crippen LogP contribution in [0.1, 0.15) is 30.8 Å². The number of aromatic nitrogens is 5. The molecule has 0 radical (unpaired) electrons. The van der Waals surface area contributed by atoms with E-state index in [1.54, 1.807) is 10.7 Å². The lowest BCUT2D eigenvalue weighted by molar-refractivity contribution is 0.229. The Morgan fingerprint density at radius 3 is 2.95 bits per heavy atom. The second kappa shape index (κ2) is 3.86. The Hall–Kier alpha value is -2.28. The van der Waals surface area contributed by atoms with Gasteiger partial charge in [0.25, 0.3) is 5.89 Å². The van der Waals surface area contributed by atoms with E-state index in [9.17, 15) is 0 Å². The first-order valence-electron chi connectivity index (χ1n) is 6.60. The van der Waals surface area contributed by atoms with Crippen molar-refractivity contribution in [3.63, 3.8) is 0 Å². The summed E-state index contributed by atoms with van der Waals surface area (Å²) >= 11 is 0. The molecule has 1 fully saturated rings. The SMILES string of the molecule is Cc1ccn2ncc(-c3nc(C4(N)CCC4)no3)c2n1. The Kier molecular flexibility index (Phi) is 2.23. The smallest absolute Gasteiger partial charge is 0.263 e. The van der Waals surface area contributed by atoms with Crippen LogP contribution in [0, 0.1) is 6.92 Å². The molecule has 0 amide bonds. The number of nitrogens with two attached hydrogens (primary N) is 1. The molecule has 3 heterocycles. The number of hydrogen-bond donors (Lipinski definition) is 1. The second-order valence-electron chi connectivity index (χ2n) is 5.33. The van der Waals surface area contributed by atoms with Crippen LogP contribution in [0.25, 0.3) is 17.1 Å². The molecule has 0 bridgehead atoms. The molecule has 0 unspecified atom stereocenters. The van der Waals surface area contributed by atoms with Gasteiger partial charge in [-0.2, -0.15) is 10.1 Å². The lowest BCUT2D eigenvalue weighted by atomic mass is 9.77. The molecule has 0 aliphatic heterocycles. The molecule has 2 N–H and O–H groups in total. The number of fused-ring (bicyclic) bond motifs is 1. The summed E-state index contributed by atoms with van der Waals surface area (Å²) in [6.07, 6.45) is 6.45. The quantitative estimate of drug-likeness (QED) is 0.756. The van der Waals surface area contributed by atoms with Crippen LogP contribution in [0.15, 0.2) is 23.0 Å². The summed E-state index contributed by atoms with van der Waals surface area (Å²) in [7, 11) is 0. The Morgan fingerprint density at radius 2 is 2.20 bits per heavy atom.